The van der Waals surface area contributed by atoms with E-state index >= 15 is 0 Å². The quantitative estimate of drug-likeness (QED) is 0.879. The molecular weight excluding hydrogens is 238 g/mol. The summed E-state index contributed by atoms with van der Waals surface area (Å²) in [5.41, 5.74) is 0.555. The van der Waals surface area contributed by atoms with Crippen LogP contribution in [0, 0.1) is 11.6 Å². The van der Waals surface area contributed by atoms with Gasteiger partial charge in [0, 0.05) is 12.1 Å². The van der Waals surface area contributed by atoms with Gasteiger partial charge in [0.05, 0.1) is 6.04 Å². The maximum Gasteiger partial charge on any atom is 0.141 e. The Kier molecular flexibility index (Phi) is 3.66. The highest BCUT2D eigenvalue weighted by Crippen LogP contribution is 2.19. The Bertz CT molecular complexity index is 493. The first-order valence-electron chi connectivity index (χ1n) is 5.63. The number of H-pyrrole nitrogens is 1. The topological polar surface area (TPSA) is 53.6 Å². The van der Waals surface area contributed by atoms with Crippen LogP contribution in [-0.4, -0.2) is 15.2 Å². The second-order valence-electron chi connectivity index (χ2n) is 4.18. The van der Waals surface area contributed by atoms with Crippen LogP contribution in [0.5, 0.6) is 0 Å². The Morgan fingerprint density at radius 1 is 1.11 bits per heavy atom. The molecule has 2 atom stereocenters. The van der Waals surface area contributed by atoms with E-state index in [0.29, 0.717) is 11.4 Å². The molecule has 0 bridgehead atoms. The van der Waals surface area contributed by atoms with E-state index in [0.717, 1.165) is 6.07 Å². The average molecular weight is 252 g/mol. The number of nitrogens with zero attached hydrogens (tertiary/aromatic N) is 2. The Morgan fingerprint density at radius 2 is 1.78 bits per heavy atom. The summed E-state index contributed by atoms with van der Waals surface area (Å²) in [6.45, 7) is 3.73. The third-order valence-corrected chi connectivity index (χ3v) is 2.73. The number of halogens is 2. The maximum absolute atomic E-state index is 13.1. The second kappa shape index (κ2) is 5.22. The van der Waals surface area contributed by atoms with Gasteiger partial charge in [0.2, 0.25) is 0 Å². The molecule has 0 spiro atoms. The zero-order valence-corrected chi connectivity index (χ0v) is 10.1. The molecule has 1 aromatic heterocycles. The number of benzene rings is 1. The summed E-state index contributed by atoms with van der Waals surface area (Å²) in [5.74, 6) is -0.476. The summed E-state index contributed by atoms with van der Waals surface area (Å²) < 4.78 is 26.2. The Morgan fingerprint density at radius 3 is 2.33 bits per heavy atom. The molecule has 2 unspecified atom stereocenters. The predicted molar refractivity (Wildman–Crippen MR) is 62.7 cm³/mol. The first-order chi connectivity index (χ1) is 8.56. The Labute approximate surface area is 103 Å². The van der Waals surface area contributed by atoms with Gasteiger partial charge in [-0.2, -0.15) is 5.10 Å². The molecule has 18 heavy (non-hydrogen) atoms. The van der Waals surface area contributed by atoms with E-state index in [4.69, 9.17) is 0 Å². The maximum atomic E-state index is 13.1. The van der Waals surface area contributed by atoms with E-state index < -0.39 is 11.6 Å². The van der Waals surface area contributed by atoms with Gasteiger partial charge in [-0.25, -0.2) is 13.8 Å². The lowest BCUT2D eigenvalue weighted by Gasteiger charge is -2.18. The van der Waals surface area contributed by atoms with Crippen molar-refractivity contribution >= 4 is 0 Å². The minimum Gasteiger partial charge on any atom is -0.301 e. The van der Waals surface area contributed by atoms with Crippen molar-refractivity contribution in [1.82, 2.24) is 20.5 Å². The standard InChI is InChI=1S/C12H14F2N4/c1-7(9-3-10(13)5-11(14)4-9)17-8(2)12-15-6-16-18-12/h3-8,17H,1-2H3,(H,15,16,18). The van der Waals surface area contributed by atoms with Crippen LogP contribution >= 0.6 is 0 Å². The summed E-state index contributed by atoms with van der Waals surface area (Å²) in [6.07, 6.45) is 1.42. The molecule has 6 heteroatoms. The second-order valence-corrected chi connectivity index (χ2v) is 4.18. The predicted octanol–water partition coefficient (Wildman–Crippen LogP) is 2.49. The minimum absolute atomic E-state index is 0.0890. The van der Waals surface area contributed by atoms with Gasteiger partial charge in [-0.15, -0.1) is 0 Å². The van der Waals surface area contributed by atoms with E-state index in [-0.39, 0.29) is 12.1 Å². The fourth-order valence-electron chi connectivity index (χ4n) is 1.80. The van der Waals surface area contributed by atoms with Crippen LogP contribution < -0.4 is 5.32 Å². The number of hydrogen-bond donors (Lipinski definition) is 2. The van der Waals surface area contributed by atoms with E-state index in [9.17, 15) is 8.78 Å². The zero-order valence-electron chi connectivity index (χ0n) is 10.1. The Hall–Kier alpha value is -1.82. The fraction of sp³-hybridized carbons (Fsp3) is 0.333. The van der Waals surface area contributed by atoms with Crippen LogP contribution in [-0.2, 0) is 0 Å². The lowest BCUT2D eigenvalue weighted by molar-refractivity contribution is 0.472. The normalized spacial score (nSPS) is 14.4. The molecule has 1 heterocycles. The van der Waals surface area contributed by atoms with Crippen molar-refractivity contribution in [3.05, 3.63) is 47.5 Å². The first kappa shape index (κ1) is 12.6. The third kappa shape index (κ3) is 2.89. The molecule has 2 N–H and O–H groups in total. The summed E-state index contributed by atoms with van der Waals surface area (Å²) in [5, 5.41) is 9.69. The molecule has 0 aliphatic rings. The van der Waals surface area contributed by atoms with Crippen molar-refractivity contribution in [3.8, 4) is 0 Å². The van der Waals surface area contributed by atoms with Crippen LogP contribution in [0.1, 0.15) is 37.3 Å². The smallest absolute Gasteiger partial charge is 0.141 e. The number of hydrogen-bond acceptors (Lipinski definition) is 3. The van der Waals surface area contributed by atoms with E-state index in [1.165, 1.54) is 18.5 Å². The van der Waals surface area contributed by atoms with Crippen LogP contribution in [0.4, 0.5) is 8.78 Å². The minimum atomic E-state index is -0.578. The highest BCUT2D eigenvalue weighted by atomic mass is 19.1. The largest absolute Gasteiger partial charge is 0.301 e. The summed E-state index contributed by atoms with van der Waals surface area (Å²) in [4.78, 5) is 4.02. The van der Waals surface area contributed by atoms with Crippen LogP contribution in [0.2, 0.25) is 0 Å². The molecule has 0 aliphatic carbocycles. The summed E-state index contributed by atoms with van der Waals surface area (Å²) >= 11 is 0. The van der Waals surface area contributed by atoms with Gasteiger partial charge in [-0.3, -0.25) is 5.10 Å². The molecule has 0 fully saturated rings. The van der Waals surface area contributed by atoms with E-state index in [1.54, 1.807) is 0 Å². The van der Waals surface area contributed by atoms with Gasteiger partial charge in [0.15, 0.2) is 0 Å². The Balaban J connectivity index is 2.09. The highest BCUT2D eigenvalue weighted by molar-refractivity contribution is 5.21. The molecule has 96 valence electrons. The molecule has 2 rings (SSSR count). The molecule has 1 aromatic carbocycles. The van der Waals surface area contributed by atoms with Gasteiger partial charge in [0.1, 0.15) is 23.8 Å². The van der Waals surface area contributed by atoms with Crippen molar-refractivity contribution in [2.24, 2.45) is 0 Å². The molecule has 4 nitrogen and oxygen atoms in total. The zero-order chi connectivity index (χ0) is 13.1. The number of rotatable bonds is 4. The van der Waals surface area contributed by atoms with Gasteiger partial charge >= 0.3 is 0 Å². The summed E-state index contributed by atoms with van der Waals surface area (Å²) in [7, 11) is 0. The highest BCUT2D eigenvalue weighted by Gasteiger charge is 2.14. The molecular formula is C12H14F2N4. The number of aromatic nitrogens is 3. The average Bonchev–Trinajstić information content (AvgIpc) is 2.80. The van der Waals surface area contributed by atoms with Crippen molar-refractivity contribution in [3.63, 3.8) is 0 Å². The lowest BCUT2D eigenvalue weighted by Crippen LogP contribution is -2.23. The molecule has 0 radical (unpaired) electrons. The van der Waals surface area contributed by atoms with Crippen molar-refractivity contribution in [2.75, 3.05) is 0 Å². The third-order valence-electron chi connectivity index (χ3n) is 2.73. The van der Waals surface area contributed by atoms with Gasteiger partial charge in [-0.1, -0.05) is 0 Å². The van der Waals surface area contributed by atoms with Crippen LogP contribution in [0.25, 0.3) is 0 Å². The number of aromatic amines is 1. The SMILES string of the molecule is CC(NC(C)c1ncn[nH]1)c1cc(F)cc(F)c1. The fourth-order valence-corrected chi connectivity index (χ4v) is 1.80. The van der Waals surface area contributed by atoms with Crippen molar-refractivity contribution in [1.29, 1.82) is 0 Å². The molecule has 0 saturated carbocycles. The van der Waals surface area contributed by atoms with Crippen LogP contribution in [0.15, 0.2) is 24.5 Å². The molecule has 0 saturated heterocycles. The molecule has 0 amide bonds. The molecule has 0 aliphatic heterocycles. The van der Waals surface area contributed by atoms with Crippen molar-refractivity contribution < 1.29 is 8.78 Å². The van der Waals surface area contributed by atoms with Gasteiger partial charge in [-0.05, 0) is 31.5 Å². The monoisotopic (exact) mass is 252 g/mol. The van der Waals surface area contributed by atoms with Gasteiger partial charge < -0.3 is 5.32 Å². The lowest BCUT2D eigenvalue weighted by atomic mass is 10.1. The van der Waals surface area contributed by atoms with Crippen molar-refractivity contribution in [2.45, 2.75) is 25.9 Å². The molecule has 2 aromatic rings. The van der Waals surface area contributed by atoms with Crippen LogP contribution in [0.3, 0.4) is 0 Å². The summed E-state index contributed by atoms with van der Waals surface area (Å²) in [6, 6.07) is 3.20. The number of nitrogens with one attached hydrogen (secondary N) is 2. The van der Waals surface area contributed by atoms with E-state index in [1.807, 2.05) is 13.8 Å². The van der Waals surface area contributed by atoms with E-state index in [2.05, 4.69) is 20.5 Å². The van der Waals surface area contributed by atoms with Gasteiger partial charge in [0.25, 0.3) is 0 Å². The first-order valence-corrected chi connectivity index (χ1v) is 5.63.